The minimum absolute atomic E-state index is 0.0741. The zero-order valence-corrected chi connectivity index (χ0v) is 10.7. The van der Waals surface area contributed by atoms with Crippen molar-refractivity contribution in [2.75, 3.05) is 33.7 Å². The summed E-state index contributed by atoms with van der Waals surface area (Å²) < 4.78 is 5.30. The van der Waals surface area contributed by atoms with Crippen LogP contribution in [0.2, 0.25) is 0 Å². The summed E-state index contributed by atoms with van der Waals surface area (Å²) in [4.78, 5) is 9.01. The van der Waals surface area contributed by atoms with Crippen LogP contribution in [-0.4, -0.2) is 53.7 Å². The predicted octanol–water partition coefficient (Wildman–Crippen LogP) is 0.615. The molecule has 0 N–H and O–H groups in total. The number of likely N-dealkylation sites (N-methyl/N-ethyl adjacent to an activating group) is 2. The van der Waals surface area contributed by atoms with E-state index in [4.69, 9.17) is 9.78 Å². The van der Waals surface area contributed by atoms with Crippen LogP contribution in [-0.2, 0) is 0 Å². The molecule has 0 amide bonds. The maximum absolute atomic E-state index is 8.82. The van der Waals surface area contributed by atoms with Crippen molar-refractivity contribution in [1.82, 2.24) is 19.9 Å². The van der Waals surface area contributed by atoms with E-state index in [0.717, 1.165) is 31.9 Å². The number of rotatable bonds is 2. The summed E-state index contributed by atoms with van der Waals surface area (Å²) in [6, 6.07) is 2.44. The molecule has 0 aromatic carbocycles. The molecule has 1 saturated carbocycles. The van der Waals surface area contributed by atoms with Gasteiger partial charge in [-0.05, 0) is 20.5 Å². The van der Waals surface area contributed by atoms with Crippen molar-refractivity contribution in [2.45, 2.75) is 18.4 Å². The van der Waals surface area contributed by atoms with Crippen molar-refractivity contribution in [3.05, 3.63) is 11.7 Å². The van der Waals surface area contributed by atoms with Crippen molar-refractivity contribution in [1.29, 1.82) is 5.26 Å². The predicted molar refractivity (Wildman–Crippen MR) is 63.6 cm³/mol. The molecule has 0 radical (unpaired) electrons. The zero-order chi connectivity index (χ0) is 12.7. The second-order valence-corrected chi connectivity index (χ2v) is 5.33. The SMILES string of the molecule is CN1CCN(C)C(c2noc(C3CC3C#N)n2)C1. The minimum Gasteiger partial charge on any atom is -0.339 e. The molecule has 2 heterocycles. The summed E-state index contributed by atoms with van der Waals surface area (Å²) in [7, 11) is 4.19. The Morgan fingerprint density at radius 3 is 2.94 bits per heavy atom. The van der Waals surface area contributed by atoms with Gasteiger partial charge in [0.25, 0.3) is 0 Å². The van der Waals surface area contributed by atoms with E-state index in [2.05, 4.69) is 40.1 Å². The van der Waals surface area contributed by atoms with Gasteiger partial charge in [0.15, 0.2) is 5.82 Å². The van der Waals surface area contributed by atoms with Gasteiger partial charge >= 0.3 is 0 Å². The van der Waals surface area contributed by atoms with E-state index < -0.39 is 0 Å². The minimum atomic E-state index is 0.0741. The van der Waals surface area contributed by atoms with Crippen LogP contribution in [0.1, 0.15) is 30.1 Å². The average Bonchev–Trinajstić information content (AvgIpc) is 3.01. The third-order valence-corrected chi connectivity index (χ3v) is 3.88. The van der Waals surface area contributed by atoms with E-state index in [-0.39, 0.29) is 17.9 Å². The molecule has 0 spiro atoms. The molecule has 0 bridgehead atoms. The van der Waals surface area contributed by atoms with E-state index in [1.165, 1.54) is 0 Å². The number of piperazine rings is 1. The fraction of sp³-hybridized carbons (Fsp3) is 0.750. The first-order valence-corrected chi connectivity index (χ1v) is 6.31. The summed E-state index contributed by atoms with van der Waals surface area (Å²) in [5.41, 5.74) is 0. The van der Waals surface area contributed by atoms with Crippen molar-refractivity contribution in [3.8, 4) is 6.07 Å². The number of aromatic nitrogens is 2. The first-order valence-electron chi connectivity index (χ1n) is 6.31. The van der Waals surface area contributed by atoms with Crippen LogP contribution < -0.4 is 0 Å². The fourth-order valence-corrected chi connectivity index (χ4v) is 2.43. The number of nitriles is 1. The number of hydrogen-bond donors (Lipinski definition) is 0. The summed E-state index contributed by atoms with van der Waals surface area (Å²) in [5, 5.41) is 12.9. The Morgan fingerprint density at radius 2 is 2.22 bits per heavy atom. The second kappa shape index (κ2) is 4.34. The van der Waals surface area contributed by atoms with Gasteiger partial charge in [0.2, 0.25) is 5.89 Å². The molecule has 2 aliphatic rings. The van der Waals surface area contributed by atoms with Gasteiger partial charge in [-0.3, -0.25) is 4.90 Å². The monoisotopic (exact) mass is 247 g/mol. The largest absolute Gasteiger partial charge is 0.339 e. The normalized spacial score (nSPS) is 33.3. The van der Waals surface area contributed by atoms with Gasteiger partial charge < -0.3 is 9.42 Å². The standard InChI is InChI=1S/C12H17N5O/c1-16-3-4-17(2)10(7-16)11-14-12(18-15-11)9-5-8(9)6-13/h8-10H,3-5,7H2,1-2H3. The molecule has 1 saturated heterocycles. The number of hydrogen-bond acceptors (Lipinski definition) is 6. The summed E-state index contributed by atoms with van der Waals surface area (Å²) in [6.07, 6.45) is 0.860. The molecule has 6 heteroatoms. The molecule has 3 atom stereocenters. The zero-order valence-electron chi connectivity index (χ0n) is 10.7. The Labute approximate surface area is 106 Å². The Bertz CT molecular complexity index is 479. The van der Waals surface area contributed by atoms with Crippen molar-refractivity contribution in [3.63, 3.8) is 0 Å². The molecular formula is C12H17N5O. The molecule has 96 valence electrons. The van der Waals surface area contributed by atoms with Crippen LogP contribution >= 0.6 is 0 Å². The molecule has 1 aliphatic carbocycles. The Morgan fingerprint density at radius 1 is 1.39 bits per heavy atom. The van der Waals surface area contributed by atoms with Crippen LogP contribution in [0.5, 0.6) is 0 Å². The first-order chi connectivity index (χ1) is 8.69. The lowest BCUT2D eigenvalue weighted by Crippen LogP contribution is -2.45. The second-order valence-electron chi connectivity index (χ2n) is 5.33. The average molecular weight is 247 g/mol. The lowest BCUT2D eigenvalue weighted by atomic mass is 10.2. The van der Waals surface area contributed by atoms with Crippen LogP contribution in [0.4, 0.5) is 0 Å². The van der Waals surface area contributed by atoms with Crippen LogP contribution in [0.3, 0.4) is 0 Å². The van der Waals surface area contributed by atoms with E-state index in [1.807, 2.05) is 0 Å². The van der Waals surface area contributed by atoms with Gasteiger partial charge in [-0.15, -0.1) is 0 Å². The maximum atomic E-state index is 8.82. The van der Waals surface area contributed by atoms with E-state index >= 15 is 0 Å². The first kappa shape index (κ1) is 11.6. The summed E-state index contributed by atoms with van der Waals surface area (Å²) in [6.45, 7) is 2.99. The smallest absolute Gasteiger partial charge is 0.231 e. The highest BCUT2D eigenvalue weighted by molar-refractivity contribution is 5.16. The molecule has 3 rings (SSSR count). The van der Waals surface area contributed by atoms with Crippen LogP contribution in [0.15, 0.2) is 4.52 Å². The Hall–Kier alpha value is -1.45. The Kier molecular flexibility index (Phi) is 2.80. The maximum Gasteiger partial charge on any atom is 0.231 e. The molecule has 2 fully saturated rings. The van der Waals surface area contributed by atoms with Crippen LogP contribution in [0, 0.1) is 17.2 Å². The topological polar surface area (TPSA) is 69.2 Å². The number of nitrogens with zero attached hydrogens (tertiary/aromatic N) is 5. The van der Waals surface area contributed by atoms with Gasteiger partial charge in [0.1, 0.15) is 0 Å². The molecule has 1 aromatic rings. The Balaban J connectivity index is 1.75. The van der Waals surface area contributed by atoms with E-state index in [0.29, 0.717) is 5.89 Å². The fourth-order valence-electron chi connectivity index (χ4n) is 2.43. The van der Waals surface area contributed by atoms with Gasteiger partial charge in [0.05, 0.1) is 23.9 Å². The van der Waals surface area contributed by atoms with Crippen LogP contribution in [0.25, 0.3) is 0 Å². The lowest BCUT2D eigenvalue weighted by Gasteiger charge is -2.35. The molecule has 1 aromatic heterocycles. The quantitative estimate of drug-likeness (QED) is 0.763. The third kappa shape index (κ3) is 2.00. The third-order valence-electron chi connectivity index (χ3n) is 3.88. The van der Waals surface area contributed by atoms with Crippen molar-refractivity contribution < 1.29 is 4.52 Å². The van der Waals surface area contributed by atoms with Gasteiger partial charge in [-0.2, -0.15) is 10.2 Å². The molecular weight excluding hydrogens is 230 g/mol. The highest BCUT2D eigenvalue weighted by atomic mass is 16.5. The van der Waals surface area contributed by atoms with Gasteiger partial charge in [-0.25, -0.2) is 0 Å². The van der Waals surface area contributed by atoms with Gasteiger partial charge in [-0.1, -0.05) is 5.16 Å². The molecule has 18 heavy (non-hydrogen) atoms. The highest BCUT2D eigenvalue weighted by Crippen LogP contribution is 2.46. The van der Waals surface area contributed by atoms with E-state index in [1.54, 1.807) is 0 Å². The molecule has 6 nitrogen and oxygen atoms in total. The van der Waals surface area contributed by atoms with Crippen molar-refractivity contribution in [2.24, 2.45) is 5.92 Å². The molecule has 3 unspecified atom stereocenters. The lowest BCUT2D eigenvalue weighted by molar-refractivity contribution is 0.108. The summed E-state index contributed by atoms with van der Waals surface area (Å²) in [5.74, 6) is 1.63. The van der Waals surface area contributed by atoms with Gasteiger partial charge in [0, 0.05) is 19.6 Å². The highest BCUT2D eigenvalue weighted by Gasteiger charge is 2.43. The molecule has 1 aliphatic heterocycles. The van der Waals surface area contributed by atoms with E-state index in [9.17, 15) is 0 Å². The van der Waals surface area contributed by atoms with Crippen molar-refractivity contribution >= 4 is 0 Å². The summed E-state index contributed by atoms with van der Waals surface area (Å²) >= 11 is 0.